The zero-order valence-corrected chi connectivity index (χ0v) is 12.2. The van der Waals surface area contributed by atoms with E-state index in [0.29, 0.717) is 18.1 Å². The Morgan fingerprint density at radius 1 is 1.04 bits per heavy atom. The molecule has 3 rings (SSSR count). The van der Waals surface area contributed by atoms with Crippen LogP contribution in [0.25, 0.3) is 0 Å². The number of carbonyl (C=O) groups excluding carboxylic acids is 2. The van der Waals surface area contributed by atoms with E-state index in [-0.39, 0.29) is 23.8 Å². The summed E-state index contributed by atoms with van der Waals surface area (Å²) < 4.78 is 11.3. The zero-order chi connectivity index (χ0) is 16.2. The van der Waals surface area contributed by atoms with Crippen molar-refractivity contribution >= 4 is 11.9 Å². The molecule has 0 saturated heterocycles. The first-order valence-corrected chi connectivity index (χ1v) is 7.12. The second-order valence-electron chi connectivity index (χ2n) is 5.04. The molecule has 23 heavy (non-hydrogen) atoms. The van der Waals surface area contributed by atoms with Crippen molar-refractivity contribution in [1.82, 2.24) is 5.32 Å². The van der Waals surface area contributed by atoms with E-state index in [9.17, 15) is 14.7 Å². The summed E-state index contributed by atoms with van der Waals surface area (Å²) in [5, 5.41) is 13.7. The topological polar surface area (TPSA) is 87.7 Å². The number of amides is 1. The minimum absolute atomic E-state index is 0.0598. The zero-order valence-electron chi connectivity index (χ0n) is 12.2. The van der Waals surface area contributed by atoms with Gasteiger partial charge in [0.15, 0.2) is 11.5 Å². The monoisotopic (exact) mass is 312 g/mol. The molecule has 0 radical (unpaired) electrons. The van der Waals surface area contributed by atoms with Gasteiger partial charge in [-0.2, -0.15) is 0 Å². The fourth-order valence-electron chi connectivity index (χ4n) is 2.32. The number of hydrogen-bond donors (Lipinski definition) is 1. The number of aromatic carboxylic acids is 1. The lowest BCUT2D eigenvalue weighted by Gasteiger charge is -2.26. The Hall–Kier alpha value is -3.02. The molecular formula is C17H14NO5-. The molecule has 0 saturated carbocycles. The highest BCUT2D eigenvalue weighted by Crippen LogP contribution is 2.30. The average Bonchev–Trinajstić information content (AvgIpc) is 2.59. The Morgan fingerprint density at radius 3 is 2.43 bits per heavy atom. The third-order valence-corrected chi connectivity index (χ3v) is 3.45. The summed E-state index contributed by atoms with van der Waals surface area (Å²) in [6.45, 7) is 0.508. The third kappa shape index (κ3) is 3.26. The lowest BCUT2D eigenvalue weighted by atomic mass is 10.1. The number of fused-ring (bicyclic) bond motifs is 1. The van der Waals surface area contributed by atoms with Crippen LogP contribution in [0.1, 0.15) is 20.7 Å². The Kier molecular flexibility index (Phi) is 4.14. The largest absolute Gasteiger partial charge is 0.545 e. The lowest BCUT2D eigenvalue weighted by molar-refractivity contribution is -0.255. The molecule has 0 unspecified atom stereocenters. The minimum Gasteiger partial charge on any atom is -0.545 e. The number of para-hydroxylation sites is 2. The Bertz CT molecular complexity index is 743. The van der Waals surface area contributed by atoms with Crippen LogP contribution in [0.4, 0.5) is 0 Å². The fourth-order valence-corrected chi connectivity index (χ4v) is 2.32. The molecular weight excluding hydrogens is 298 g/mol. The molecule has 0 fully saturated rings. The van der Waals surface area contributed by atoms with Crippen molar-refractivity contribution in [3.8, 4) is 11.5 Å². The van der Waals surface area contributed by atoms with Crippen molar-refractivity contribution in [3.63, 3.8) is 0 Å². The highest BCUT2D eigenvalue weighted by molar-refractivity contribution is 6.04. The van der Waals surface area contributed by atoms with Crippen molar-refractivity contribution < 1.29 is 24.2 Å². The molecule has 1 aliphatic rings. The van der Waals surface area contributed by atoms with E-state index >= 15 is 0 Å². The molecule has 2 aromatic rings. The molecule has 1 atom stereocenters. The van der Waals surface area contributed by atoms with Gasteiger partial charge in [0.05, 0.1) is 12.5 Å². The molecule has 0 aliphatic carbocycles. The Balaban J connectivity index is 1.63. The van der Waals surface area contributed by atoms with Crippen LogP contribution in [0.15, 0.2) is 48.5 Å². The van der Waals surface area contributed by atoms with E-state index in [1.165, 1.54) is 18.2 Å². The number of carboxylic acid groups (broad SMARTS) is 1. The van der Waals surface area contributed by atoms with Crippen molar-refractivity contribution in [1.29, 1.82) is 0 Å². The van der Waals surface area contributed by atoms with Crippen molar-refractivity contribution in [3.05, 3.63) is 59.7 Å². The average molecular weight is 312 g/mol. The van der Waals surface area contributed by atoms with Gasteiger partial charge in [-0.25, -0.2) is 0 Å². The molecule has 2 aromatic carbocycles. The van der Waals surface area contributed by atoms with Crippen LogP contribution in [-0.4, -0.2) is 31.1 Å². The Morgan fingerprint density at radius 2 is 1.70 bits per heavy atom. The number of carbonyl (C=O) groups is 2. The highest BCUT2D eigenvalue weighted by atomic mass is 16.6. The number of nitrogens with one attached hydrogen (secondary N) is 1. The van der Waals surface area contributed by atoms with Gasteiger partial charge in [0.25, 0.3) is 5.91 Å². The number of rotatable bonds is 4. The Labute approximate surface area is 132 Å². The molecule has 1 amide bonds. The molecule has 1 aliphatic heterocycles. The molecule has 118 valence electrons. The molecule has 6 heteroatoms. The second kappa shape index (κ2) is 6.39. The first-order valence-electron chi connectivity index (χ1n) is 7.12. The van der Waals surface area contributed by atoms with Gasteiger partial charge in [-0.3, -0.25) is 4.79 Å². The van der Waals surface area contributed by atoms with Gasteiger partial charge in [-0.05, 0) is 18.2 Å². The third-order valence-electron chi connectivity index (χ3n) is 3.45. The molecule has 1 N–H and O–H groups in total. The van der Waals surface area contributed by atoms with Crippen molar-refractivity contribution in [2.24, 2.45) is 0 Å². The van der Waals surface area contributed by atoms with Crippen LogP contribution in [0.3, 0.4) is 0 Å². The van der Waals surface area contributed by atoms with E-state index < -0.39 is 11.9 Å². The van der Waals surface area contributed by atoms with Gasteiger partial charge < -0.3 is 24.7 Å². The quantitative estimate of drug-likeness (QED) is 0.894. The maximum absolute atomic E-state index is 12.2. The van der Waals surface area contributed by atoms with Gasteiger partial charge in [0, 0.05) is 11.1 Å². The van der Waals surface area contributed by atoms with Gasteiger partial charge in [-0.1, -0.05) is 30.3 Å². The summed E-state index contributed by atoms with van der Waals surface area (Å²) in [5.74, 6) is -0.598. The van der Waals surface area contributed by atoms with Crippen molar-refractivity contribution in [2.45, 2.75) is 6.10 Å². The van der Waals surface area contributed by atoms with Gasteiger partial charge in [-0.15, -0.1) is 0 Å². The maximum Gasteiger partial charge on any atom is 0.252 e. The number of ether oxygens (including phenoxy) is 2. The number of hydrogen-bond acceptors (Lipinski definition) is 5. The van der Waals surface area contributed by atoms with Crippen LogP contribution in [-0.2, 0) is 0 Å². The van der Waals surface area contributed by atoms with Crippen molar-refractivity contribution in [2.75, 3.05) is 13.2 Å². The fraction of sp³-hybridized carbons (Fsp3) is 0.176. The predicted octanol–water partition coefficient (Wildman–Crippen LogP) is 0.620. The van der Waals surface area contributed by atoms with Crippen LogP contribution >= 0.6 is 0 Å². The van der Waals surface area contributed by atoms with Crippen LogP contribution in [0, 0.1) is 0 Å². The first kappa shape index (κ1) is 14.9. The van der Waals surface area contributed by atoms with Crippen LogP contribution in [0.5, 0.6) is 11.5 Å². The summed E-state index contributed by atoms with van der Waals surface area (Å²) in [7, 11) is 0. The predicted molar refractivity (Wildman–Crippen MR) is 79.5 cm³/mol. The standard InChI is InChI=1S/C17H15NO5/c19-16(12-5-1-2-6-13(12)17(20)21)18-9-11-10-22-14-7-3-4-8-15(14)23-11/h1-8,11H,9-10H2,(H,18,19)(H,20,21)/p-1/t11-/m0/s1. The summed E-state index contributed by atoms with van der Waals surface area (Å²) in [4.78, 5) is 23.2. The van der Waals surface area contributed by atoms with E-state index in [4.69, 9.17) is 9.47 Å². The summed E-state index contributed by atoms with van der Waals surface area (Å²) in [6, 6.07) is 13.2. The van der Waals surface area contributed by atoms with E-state index in [2.05, 4.69) is 5.32 Å². The molecule has 0 bridgehead atoms. The number of benzene rings is 2. The first-order chi connectivity index (χ1) is 11.1. The molecule has 0 spiro atoms. The summed E-state index contributed by atoms with van der Waals surface area (Å²) in [6.07, 6.45) is -0.344. The van der Waals surface area contributed by atoms with Crippen LogP contribution in [0.2, 0.25) is 0 Å². The van der Waals surface area contributed by atoms with Gasteiger partial charge >= 0.3 is 0 Å². The molecule has 1 heterocycles. The maximum atomic E-state index is 12.2. The summed E-state index contributed by atoms with van der Waals surface area (Å²) in [5.41, 5.74) is -0.0826. The van der Waals surface area contributed by atoms with Gasteiger partial charge in [0.2, 0.25) is 0 Å². The molecule has 0 aromatic heterocycles. The summed E-state index contributed by atoms with van der Waals surface area (Å²) >= 11 is 0. The lowest BCUT2D eigenvalue weighted by Crippen LogP contribution is -2.41. The van der Waals surface area contributed by atoms with E-state index in [1.807, 2.05) is 12.1 Å². The normalized spacial score (nSPS) is 15.7. The van der Waals surface area contributed by atoms with E-state index in [0.717, 1.165) is 0 Å². The molecule has 6 nitrogen and oxygen atoms in total. The highest BCUT2D eigenvalue weighted by Gasteiger charge is 2.21. The smallest absolute Gasteiger partial charge is 0.252 e. The van der Waals surface area contributed by atoms with Crippen LogP contribution < -0.4 is 19.9 Å². The number of carboxylic acids is 1. The second-order valence-corrected chi connectivity index (χ2v) is 5.04. The minimum atomic E-state index is -1.39. The SMILES string of the molecule is O=C([O-])c1ccccc1C(=O)NC[C@H]1COc2ccccc2O1. The van der Waals surface area contributed by atoms with Gasteiger partial charge in [0.1, 0.15) is 12.7 Å². The van der Waals surface area contributed by atoms with E-state index in [1.54, 1.807) is 18.2 Å².